The Morgan fingerprint density at radius 1 is 0.966 bits per heavy atom. The summed E-state index contributed by atoms with van der Waals surface area (Å²) in [6.07, 6.45) is 20.9. The fourth-order valence-electron chi connectivity index (χ4n) is 13.9. The number of nitrogens with zero attached hydrogens (tertiary/aromatic N) is 1. The molecule has 6 aliphatic rings. The average Bonchev–Trinajstić information content (AvgIpc) is 3.58. The number of phenolic OH excluding ortho intramolecular Hbond substituents is 1. The molecule has 8 nitrogen and oxygen atoms in total. The number of hydrogen-bond acceptors (Lipinski definition) is 6. The predicted octanol–water partition coefficient (Wildman–Crippen LogP) is 9.24. The van der Waals surface area contributed by atoms with Crippen LogP contribution in [0, 0.1) is 46.3 Å². The Morgan fingerprint density at radius 3 is 2.64 bits per heavy atom. The Kier molecular flexibility index (Phi) is 10.8. The molecule has 5 saturated carbocycles. The van der Waals surface area contributed by atoms with Crippen molar-refractivity contribution < 1.29 is 24.5 Å². The Bertz CT molecular complexity index is 1980. The van der Waals surface area contributed by atoms with Gasteiger partial charge in [0, 0.05) is 35.7 Å². The van der Waals surface area contributed by atoms with E-state index in [1.165, 1.54) is 55.2 Å². The number of ether oxygens (including phenoxy) is 1. The Balaban J connectivity index is 0.866. The van der Waals surface area contributed by atoms with Gasteiger partial charge in [0.05, 0.1) is 35.9 Å². The van der Waals surface area contributed by atoms with Gasteiger partial charge in [0.15, 0.2) is 5.96 Å². The van der Waals surface area contributed by atoms with E-state index in [2.05, 4.69) is 49.5 Å². The number of aliphatic hydroxyl groups is 2. The molecule has 9 rings (SSSR count). The zero-order valence-electron chi connectivity index (χ0n) is 35.1. The first-order chi connectivity index (χ1) is 27.8. The molecule has 2 heterocycles. The van der Waals surface area contributed by atoms with Crippen molar-refractivity contribution in [1.82, 2.24) is 5.32 Å². The zero-order valence-corrected chi connectivity index (χ0v) is 35.1. The van der Waals surface area contributed by atoms with Crippen LogP contribution in [0.5, 0.6) is 5.75 Å². The molecule has 3 aromatic rings. The van der Waals surface area contributed by atoms with Crippen molar-refractivity contribution in [2.75, 3.05) is 13.1 Å². The monoisotopic (exact) mass is 792 g/mol. The van der Waals surface area contributed by atoms with Crippen LogP contribution in [0.4, 0.5) is 0 Å². The zero-order chi connectivity index (χ0) is 40.3. The second-order valence-corrected chi connectivity index (χ2v) is 20.9. The Labute approximate surface area is 346 Å². The molecule has 1 saturated heterocycles. The van der Waals surface area contributed by atoms with Gasteiger partial charge in [-0.05, 0) is 174 Å². The molecule has 5 aliphatic carbocycles. The summed E-state index contributed by atoms with van der Waals surface area (Å²) < 4.78 is 12.3. The number of rotatable bonds is 11. The summed E-state index contributed by atoms with van der Waals surface area (Å²) >= 11 is 0. The highest BCUT2D eigenvalue weighted by Gasteiger charge is 2.67. The van der Waals surface area contributed by atoms with E-state index < -0.39 is 5.60 Å². The number of hydrogen-bond donors (Lipinski definition) is 5. The van der Waals surface area contributed by atoms with E-state index in [9.17, 15) is 15.3 Å². The third-order valence-corrected chi connectivity index (χ3v) is 17.0. The topological polar surface area (TPSA) is 137 Å². The SMILES string of the molecule is C=C1CC2(CCC(CCC3(O)CCCC(O)C3)C2)C2OC2(C)CCC2C1CC2(C)C1CC(CN=C(N)NCCc2cccc3cocc23)CC1Cc1ccc(O)cc1. The van der Waals surface area contributed by atoms with Crippen LogP contribution >= 0.6 is 0 Å². The third-order valence-electron chi connectivity index (χ3n) is 17.0. The van der Waals surface area contributed by atoms with Gasteiger partial charge in [0.25, 0.3) is 0 Å². The molecule has 1 aromatic heterocycles. The van der Waals surface area contributed by atoms with Crippen molar-refractivity contribution in [3.05, 3.63) is 78.3 Å². The van der Waals surface area contributed by atoms with Gasteiger partial charge in [-0.2, -0.15) is 0 Å². The van der Waals surface area contributed by atoms with Gasteiger partial charge in [-0.3, -0.25) is 4.99 Å². The minimum atomic E-state index is -0.698. The minimum Gasteiger partial charge on any atom is -0.508 e. The molecular weight excluding hydrogens is 723 g/mol. The van der Waals surface area contributed by atoms with Crippen LogP contribution in [0.2, 0.25) is 0 Å². The van der Waals surface area contributed by atoms with E-state index in [1.807, 2.05) is 18.4 Å². The second-order valence-electron chi connectivity index (χ2n) is 20.9. The lowest BCUT2D eigenvalue weighted by atomic mass is 9.45. The molecule has 2 aromatic carbocycles. The molecule has 0 radical (unpaired) electrons. The van der Waals surface area contributed by atoms with Gasteiger partial charge in [-0.25, -0.2) is 0 Å². The summed E-state index contributed by atoms with van der Waals surface area (Å²) in [5.41, 5.74) is 10.1. The highest BCUT2D eigenvalue weighted by molar-refractivity contribution is 5.84. The lowest BCUT2D eigenvalue weighted by Gasteiger charge is -2.59. The van der Waals surface area contributed by atoms with Crippen LogP contribution in [0.3, 0.4) is 0 Å². The van der Waals surface area contributed by atoms with Crippen LogP contribution in [0.25, 0.3) is 10.8 Å². The van der Waals surface area contributed by atoms with E-state index in [0.29, 0.717) is 59.7 Å². The summed E-state index contributed by atoms with van der Waals surface area (Å²) in [4.78, 5) is 4.93. The lowest BCUT2D eigenvalue weighted by Crippen LogP contribution is -2.52. The molecule has 12 atom stereocenters. The number of nitrogens with one attached hydrogen (secondary N) is 1. The molecule has 314 valence electrons. The van der Waals surface area contributed by atoms with Gasteiger partial charge in [-0.1, -0.05) is 49.4 Å². The summed E-state index contributed by atoms with van der Waals surface area (Å²) in [6.45, 7) is 11.4. The maximum atomic E-state index is 11.3. The van der Waals surface area contributed by atoms with Crippen LogP contribution in [0.15, 0.2) is 76.6 Å². The molecule has 0 amide bonds. The first kappa shape index (κ1) is 40.1. The molecule has 1 aliphatic heterocycles. The molecule has 0 bridgehead atoms. The largest absolute Gasteiger partial charge is 0.508 e. The average molecular weight is 792 g/mol. The van der Waals surface area contributed by atoms with Crippen molar-refractivity contribution in [2.24, 2.45) is 57.1 Å². The molecule has 1 spiro atoms. The minimum absolute atomic E-state index is 0.0554. The molecule has 8 heteroatoms. The highest BCUT2D eigenvalue weighted by atomic mass is 16.6. The molecule has 6 N–H and O–H groups in total. The summed E-state index contributed by atoms with van der Waals surface area (Å²) in [5, 5.41) is 37.3. The molecule has 58 heavy (non-hydrogen) atoms. The van der Waals surface area contributed by atoms with Gasteiger partial charge in [-0.15, -0.1) is 0 Å². The first-order valence-electron chi connectivity index (χ1n) is 22.9. The van der Waals surface area contributed by atoms with Gasteiger partial charge in [0.2, 0.25) is 0 Å². The Hall–Kier alpha value is -3.33. The maximum Gasteiger partial charge on any atom is 0.188 e. The summed E-state index contributed by atoms with van der Waals surface area (Å²) in [6, 6.07) is 14.2. The van der Waals surface area contributed by atoms with Crippen LogP contribution < -0.4 is 11.1 Å². The Morgan fingerprint density at radius 2 is 1.81 bits per heavy atom. The predicted molar refractivity (Wildman–Crippen MR) is 230 cm³/mol. The number of aliphatic imine (C=N–C) groups is 1. The number of phenols is 1. The number of fused-ring (bicyclic) bond motifs is 4. The van der Waals surface area contributed by atoms with E-state index in [4.69, 9.17) is 26.5 Å². The number of aromatic hydroxyl groups is 1. The number of benzene rings is 2. The quantitative estimate of drug-likeness (QED) is 0.0565. The number of furan rings is 1. The van der Waals surface area contributed by atoms with E-state index in [0.717, 1.165) is 88.1 Å². The van der Waals surface area contributed by atoms with Crippen molar-refractivity contribution in [1.29, 1.82) is 0 Å². The van der Waals surface area contributed by atoms with E-state index in [1.54, 1.807) is 6.26 Å². The lowest BCUT2D eigenvalue weighted by molar-refractivity contribution is -0.0828. The molecule has 12 unspecified atom stereocenters. The molecule has 6 fully saturated rings. The highest BCUT2D eigenvalue weighted by Crippen LogP contribution is 2.69. The van der Waals surface area contributed by atoms with Gasteiger partial charge >= 0.3 is 0 Å². The van der Waals surface area contributed by atoms with E-state index in [-0.39, 0.29) is 22.5 Å². The van der Waals surface area contributed by atoms with Gasteiger partial charge in [0.1, 0.15) is 5.75 Å². The molecular formula is C50H69N3O5. The van der Waals surface area contributed by atoms with Crippen molar-refractivity contribution >= 4 is 16.7 Å². The number of nitrogens with two attached hydrogens (primary N) is 1. The van der Waals surface area contributed by atoms with Crippen molar-refractivity contribution in [2.45, 2.75) is 146 Å². The number of allylic oxidation sites excluding steroid dienone is 1. The smallest absolute Gasteiger partial charge is 0.188 e. The van der Waals surface area contributed by atoms with Crippen molar-refractivity contribution in [3.8, 4) is 5.75 Å². The summed E-state index contributed by atoms with van der Waals surface area (Å²) in [5.74, 6) is 4.22. The number of guanidine groups is 1. The normalized spacial score (nSPS) is 40.1. The first-order valence-corrected chi connectivity index (χ1v) is 22.9. The van der Waals surface area contributed by atoms with E-state index >= 15 is 0 Å². The fourth-order valence-corrected chi connectivity index (χ4v) is 13.9. The van der Waals surface area contributed by atoms with Crippen LogP contribution in [0.1, 0.15) is 121 Å². The van der Waals surface area contributed by atoms with Crippen molar-refractivity contribution in [3.63, 3.8) is 0 Å². The fraction of sp³-hybridized carbons (Fsp3) is 0.660. The maximum absolute atomic E-state index is 11.3. The second kappa shape index (κ2) is 15.6. The standard InChI is InChI=1S/C50H69N3O5/c1-32-25-49(19-13-34(26-49)14-20-50(56)17-5-8-40(55)27-50)45-48(3,58-45)18-15-43-41(32)28-47(43,2)44-24-35(23-38(44)22-33-9-11-39(54)12-10-33)29-53-46(51)52-21-16-36-6-4-7-37-30-57-31-42(36)37/h4,6-7,9-12,30-31,34-35,38,40-41,43-45,54-56H,1,5,8,13-29H2,2-3H3,(H3,51,52,53). The van der Waals surface area contributed by atoms with Crippen LogP contribution in [-0.4, -0.2) is 57.8 Å². The third kappa shape index (κ3) is 7.87. The van der Waals surface area contributed by atoms with Gasteiger partial charge < -0.3 is 35.5 Å². The van der Waals surface area contributed by atoms with Crippen LogP contribution in [-0.2, 0) is 17.6 Å². The number of epoxide rings is 1. The summed E-state index contributed by atoms with van der Waals surface area (Å²) in [7, 11) is 0. The number of aliphatic hydroxyl groups excluding tert-OH is 1.